The molecule has 144 valence electrons. The lowest BCUT2D eigenvalue weighted by Crippen LogP contribution is -2.39. The number of rotatable bonds is 4. The second-order valence-electron chi connectivity index (χ2n) is 7.25. The van der Waals surface area contributed by atoms with E-state index in [2.05, 4.69) is 10.6 Å². The van der Waals surface area contributed by atoms with E-state index in [0.717, 1.165) is 29.7 Å². The lowest BCUT2D eigenvalue weighted by Gasteiger charge is -2.28. The van der Waals surface area contributed by atoms with Gasteiger partial charge in [0.25, 0.3) is 0 Å². The number of carbonyl (C=O) groups excluding carboxylic acids is 1. The van der Waals surface area contributed by atoms with Crippen LogP contribution >= 0.6 is 24.0 Å². The second kappa shape index (κ2) is 8.96. The Morgan fingerprint density at radius 3 is 2.59 bits per heavy atom. The van der Waals surface area contributed by atoms with Crippen LogP contribution in [-0.2, 0) is 4.74 Å². The van der Waals surface area contributed by atoms with Crippen LogP contribution in [0.15, 0.2) is 48.5 Å². The van der Waals surface area contributed by atoms with Gasteiger partial charge in [0.2, 0.25) is 0 Å². The van der Waals surface area contributed by atoms with Gasteiger partial charge >= 0.3 is 6.09 Å². The highest BCUT2D eigenvalue weighted by molar-refractivity contribution is 6.30. The Kier molecular flexibility index (Phi) is 6.64. The fourth-order valence-corrected chi connectivity index (χ4v) is 4.34. The Morgan fingerprint density at radius 1 is 1.11 bits per heavy atom. The maximum Gasteiger partial charge on any atom is 0.411 e. The molecule has 1 amide bonds. The van der Waals surface area contributed by atoms with Crippen LogP contribution in [0.4, 0.5) is 10.5 Å². The molecule has 2 aromatic rings. The SMILES string of the molecule is Cl.O=C(Nc1ccccc1-c1cccc(Cl)c1)OCC1CC2CCC(C1)N2. The van der Waals surface area contributed by atoms with Crippen molar-refractivity contribution < 1.29 is 9.53 Å². The Bertz CT molecular complexity index is 787. The van der Waals surface area contributed by atoms with Crippen molar-refractivity contribution in [1.82, 2.24) is 5.32 Å². The lowest BCUT2D eigenvalue weighted by molar-refractivity contribution is 0.122. The third-order valence-electron chi connectivity index (χ3n) is 5.32. The summed E-state index contributed by atoms with van der Waals surface area (Å²) in [5.41, 5.74) is 2.61. The monoisotopic (exact) mass is 406 g/mol. The Hall–Kier alpha value is -1.75. The molecule has 0 radical (unpaired) electrons. The zero-order valence-corrected chi connectivity index (χ0v) is 16.6. The van der Waals surface area contributed by atoms with Gasteiger partial charge in [0, 0.05) is 22.7 Å². The van der Waals surface area contributed by atoms with Gasteiger partial charge in [0.15, 0.2) is 0 Å². The summed E-state index contributed by atoms with van der Waals surface area (Å²) < 4.78 is 5.52. The normalized spacial score (nSPS) is 23.4. The summed E-state index contributed by atoms with van der Waals surface area (Å²) in [5, 5.41) is 7.16. The largest absolute Gasteiger partial charge is 0.449 e. The number of fused-ring (bicyclic) bond motifs is 2. The van der Waals surface area contributed by atoms with Crippen LogP contribution in [0.25, 0.3) is 11.1 Å². The number of ether oxygens (including phenoxy) is 1. The molecule has 2 unspecified atom stereocenters. The van der Waals surface area contributed by atoms with Crippen molar-refractivity contribution in [2.75, 3.05) is 11.9 Å². The van der Waals surface area contributed by atoms with Crippen molar-refractivity contribution >= 4 is 35.8 Å². The molecule has 4 rings (SSSR count). The molecule has 6 heteroatoms. The van der Waals surface area contributed by atoms with E-state index in [9.17, 15) is 4.79 Å². The number of halogens is 2. The standard InChI is InChI=1S/C21H23ClN2O2.ClH/c22-16-5-3-4-15(12-16)19-6-1-2-7-20(19)24-21(25)26-13-14-10-17-8-9-18(11-14)23-17;/h1-7,12,14,17-18,23H,8-11,13H2,(H,24,25);1H. The number of benzene rings is 2. The van der Waals surface area contributed by atoms with E-state index >= 15 is 0 Å². The van der Waals surface area contributed by atoms with Crippen LogP contribution in [0.3, 0.4) is 0 Å². The van der Waals surface area contributed by atoms with Crippen LogP contribution in [-0.4, -0.2) is 24.8 Å². The van der Waals surface area contributed by atoms with Crippen molar-refractivity contribution in [2.45, 2.75) is 37.8 Å². The first-order chi connectivity index (χ1) is 12.7. The van der Waals surface area contributed by atoms with Gasteiger partial charge in [-0.3, -0.25) is 5.32 Å². The first kappa shape index (κ1) is 20.0. The fraction of sp³-hybridized carbons (Fsp3) is 0.381. The van der Waals surface area contributed by atoms with Gasteiger partial charge in [-0.2, -0.15) is 0 Å². The van der Waals surface area contributed by atoms with Crippen LogP contribution in [0, 0.1) is 5.92 Å². The average molecular weight is 407 g/mol. The maximum absolute atomic E-state index is 12.3. The van der Waals surface area contributed by atoms with Gasteiger partial charge in [-0.15, -0.1) is 12.4 Å². The minimum Gasteiger partial charge on any atom is -0.449 e. The van der Waals surface area contributed by atoms with E-state index in [-0.39, 0.29) is 12.4 Å². The van der Waals surface area contributed by atoms with Crippen LogP contribution in [0.2, 0.25) is 5.02 Å². The van der Waals surface area contributed by atoms with E-state index in [4.69, 9.17) is 16.3 Å². The van der Waals surface area contributed by atoms with Gasteiger partial charge in [-0.1, -0.05) is 41.9 Å². The number of carbonyl (C=O) groups is 1. The molecular formula is C21H24Cl2N2O2. The summed E-state index contributed by atoms with van der Waals surface area (Å²) in [6, 6.07) is 16.5. The molecular weight excluding hydrogens is 383 g/mol. The number of hydrogen-bond acceptors (Lipinski definition) is 3. The molecule has 0 aliphatic carbocycles. The van der Waals surface area contributed by atoms with Gasteiger partial charge in [-0.25, -0.2) is 4.79 Å². The molecule has 0 saturated carbocycles. The number of amides is 1. The van der Waals surface area contributed by atoms with E-state index in [1.165, 1.54) is 12.8 Å². The van der Waals surface area contributed by atoms with Crippen molar-refractivity contribution in [2.24, 2.45) is 5.92 Å². The maximum atomic E-state index is 12.3. The minimum absolute atomic E-state index is 0. The van der Waals surface area contributed by atoms with Gasteiger partial charge < -0.3 is 10.1 Å². The molecule has 2 atom stereocenters. The summed E-state index contributed by atoms with van der Waals surface area (Å²) in [7, 11) is 0. The van der Waals surface area contributed by atoms with Crippen LogP contribution in [0.5, 0.6) is 0 Å². The van der Waals surface area contributed by atoms with Gasteiger partial charge in [-0.05, 0) is 55.4 Å². The molecule has 2 aromatic carbocycles. The fourth-order valence-electron chi connectivity index (χ4n) is 4.15. The molecule has 2 N–H and O–H groups in total. The smallest absolute Gasteiger partial charge is 0.411 e. The molecule has 2 heterocycles. The Balaban J connectivity index is 0.00000210. The summed E-state index contributed by atoms with van der Waals surface area (Å²) in [5.74, 6) is 0.461. The summed E-state index contributed by atoms with van der Waals surface area (Å²) >= 11 is 6.10. The molecule has 2 aliphatic rings. The number of piperidine rings is 1. The number of para-hydroxylation sites is 1. The van der Waals surface area contributed by atoms with Gasteiger partial charge in [0.05, 0.1) is 12.3 Å². The zero-order valence-electron chi connectivity index (χ0n) is 15.0. The lowest BCUT2D eigenvalue weighted by atomic mass is 9.93. The molecule has 0 spiro atoms. The average Bonchev–Trinajstić information content (AvgIpc) is 2.98. The predicted octanol–water partition coefficient (Wildman–Crippen LogP) is 5.51. The van der Waals surface area contributed by atoms with Crippen LogP contribution < -0.4 is 10.6 Å². The van der Waals surface area contributed by atoms with Crippen molar-refractivity contribution in [3.8, 4) is 11.1 Å². The third-order valence-corrected chi connectivity index (χ3v) is 5.56. The minimum atomic E-state index is -0.398. The highest BCUT2D eigenvalue weighted by Crippen LogP contribution is 2.32. The first-order valence-corrected chi connectivity index (χ1v) is 9.60. The first-order valence-electron chi connectivity index (χ1n) is 9.22. The van der Waals surface area contributed by atoms with Crippen molar-refractivity contribution in [1.29, 1.82) is 0 Å². The van der Waals surface area contributed by atoms with E-state index in [1.807, 2.05) is 48.5 Å². The number of hydrogen-bond donors (Lipinski definition) is 2. The third kappa shape index (κ3) is 4.95. The topological polar surface area (TPSA) is 50.4 Å². The Morgan fingerprint density at radius 2 is 1.85 bits per heavy atom. The van der Waals surface area contributed by atoms with Crippen LogP contribution in [0.1, 0.15) is 25.7 Å². The van der Waals surface area contributed by atoms with Crippen molar-refractivity contribution in [3.05, 3.63) is 53.6 Å². The van der Waals surface area contributed by atoms with E-state index < -0.39 is 6.09 Å². The second-order valence-corrected chi connectivity index (χ2v) is 7.69. The summed E-state index contributed by atoms with van der Waals surface area (Å²) in [6.07, 6.45) is 4.30. The van der Waals surface area contributed by atoms with Crippen molar-refractivity contribution in [3.63, 3.8) is 0 Å². The molecule has 2 bridgehead atoms. The Labute approximate surface area is 171 Å². The van der Waals surface area contributed by atoms with E-state index in [1.54, 1.807) is 0 Å². The molecule has 2 saturated heterocycles. The van der Waals surface area contributed by atoms with E-state index in [0.29, 0.717) is 29.6 Å². The number of anilines is 1. The molecule has 2 aliphatic heterocycles. The highest BCUT2D eigenvalue weighted by atomic mass is 35.5. The quantitative estimate of drug-likeness (QED) is 0.703. The van der Waals surface area contributed by atoms with Gasteiger partial charge in [0.1, 0.15) is 0 Å². The molecule has 2 fully saturated rings. The molecule has 27 heavy (non-hydrogen) atoms. The molecule has 4 nitrogen and oxygen atoms in total. The highest BCUT2D eigenvalue weighted by Gasteiger charge is 2.33. The zero-order chi connectivity index (χ0) is 17.9. The summed E-state index contributed by atoms with van der Waals surface area (Å²) in [4.78, 5) is 12.3. The molecule has 0 aromatic heterocycles. The predicted molar refractivity (Wildman–Crippen MR) is 112 cm³/mol. The number of nitrogens with one attached hydrogen (secondary N) is 2. The summed E-state index contributed by atoms with van der Waals surface area (Å²) in [6.45, 7) is 0.486.